The molecule has 4 aromatic rings. The number of carbonyl (C=O) groups is 1. The minimum Gasteiger partial charge on any atom is -0.373 e. The van der Waals surface area contributed by atoms with E-state index in [9.17, 15) is 22.4 Å². The molecule has 1 fully saturated rings. The number of hydrogen-bond acceptors (Lipinski definition) is 9. The molecule has 238 valence electrons. The Kier molecular flexibility index (Phi) is 9.32. The van der Waals surface area contributed by atoms with Crippen LogP contribution in [0.4, 0.5) is 46.4 Å². The zero-order valence-electron chi connectivity index (χ0n) is 25.5. The number of piperidine rings is 1. The van der Waals surface area contributed by atoms with Crippen molar-refractivity contribution >= 4 is 45.8 Å². The van der Waals surface area contributed by atoms with Crippen molar-refractivity contribution < 1.29 is 22.4 Å². The molecule has 0 saturated carbocycles. The standard InChI is InChI=1S/C31H35F4N9O/c1-19-5-6-20(29(45)39-22-7-8-26(23(16-22)31(33,34)35)43(4)14-13-42(2)3)15-24(19)40-28-27-25(37-18-38-28)17-36-30(41-27)44-11-9-21(32)10-12-44/h5-8,15-18,21H,9-14H2,1-4H3,(H,39,45)(H,37,38,40). The fourth-order valence-corrected chi connectivity index (χ4v) is 5.01. The van der Waals surface area contributed by atoms with E-state index in [1.54, 1.807) is 36.3 Å². The van der Waals surface area contributed by atoms with Crippen molar-refractivity contribution in [1.29, 1.82) is 0 Å². The largest absolute Gasteiger partial charge is 0.418 e. The quantitative estimate of drug-likeness (QED) is 0.228. The van der Waals surface area contributed by atoms with Crippen molar-refractivity contribution in [2.75, 3.05) is 67.8 Å². The van der Waals surface area contributed by atoms with Crippen LogP contribution in [0.1, 0.15) is 34.3 Å². The molecule has 1 aliphatic heterocycles. The van der Waals surface area contributed by atoms with E-state index in [1.165, 1.54) is 18.5 Å². The average molecular weight is 626 g/mol. The molecule has 1 aliphatic rings. The van der Waals surface area contributed by atoms with Crippen molar-refractivity contribution in [3.05, 3.63) is 65.6 Å². The van der Waals surface area contributed by atoms with Crippen molar-refractivity contribution in [3.63, 3.8) is 0 Å². The first-order chi connectivity index (χ1) is 21.4. The lowest BCUT2D eigenvalue weighted by Gasteiger charge is -2.28. The van der Waals surface area contributed by atoms with Crippen LogP contribution in [0, 0.1) is 6.92 Å². The lowest BCUT2D eigenvalue weighted by atomic mass is 10.1. The van der Waals surface area contributed by atoms with Gasteiger partial charge in [0.2, 0.25) is 5.95 Å². The molecule has 3 heterocycles. The van der Waals surface area contributed by atoms with Gasteiger partial charge in [0.1, 0.15) is 23.5 Å². The van der Waals surface area contributed by atoms with Gasteiger partial charge in [0.15, 0.2) is 5.82 Å². The predicted molar refractivity (Wildman–Crippen MR) is 167 cm³/mol. The summed E-state index contributed by atoms with van der Waals surface area (Å²) in [5, 5.41) is 5.82. The number of hydrogen-bond donors (Lipinski definition) is 2. The number of carbonyl (C=O) groups excluding carboxylic acids is 1. The third-order valence-corrected chi connectivity index (χ3v) is 7.68. The molecular formula is C31H35F4N9O. The highest BCUT2D eigenvalue weighted by Gasteiger charge is 2.35. The van der Waals surface area contributed by atoms with E-state index in [2.05, 4.69) is 30.6 Å². The Hall–Kier alpha value is -4.59. The maximum Gasteiger partial charge on any atom is 0.418 e. The molecule has 2 aromatic carbocycles. The van der Waals surface area contributed by atoms with E-state index in [-0.39, 0.29) is 16.9 Å². The number of anilines is 5. The molecule has 1 amide bonds. The zero-order chi connectivity index (χ0) is 32.3. The van der Waals surface area contributed by atoms with Crippen molar-refractivity contribution in [2.45, 2.75) is 32.1 Å². The second kappa shape index (κ2) is 13.2. The Morgan fingerprint density at radius 3 is 2.49 bits per heavy atom. The number of aryl methyl sites for hydroxylation is 1. The average Bonchev–Trinajstić information content (AvgIpc) is 3.00. The third kappa shape index (κ3) is 7.56. The lowest BCUT2D eigenvalue weighted by Crippen LogP contribution is -2.35. The van der Waals surface area contributed by atoms with Gasteiger partial charge in [-0.1, -0.05) is 6.07 Å². The van der Waals surface area contributed by atoms with Gasteiger partial charge in [-0.15, -0.1) is 0 Å². The van der Waals surface area contributed by atoms with Gasteiger partial charge in [0.05, 0.1) is 11.8 Å². The summed E-state index contributed by atoms with van der Waals surface area (Å²) in [7, 11) is 5.31. The summed E-state index contributed by atoms with van der Waals surface area (Å²) < 4.78 is 55.7. The highest BCUT2D eigenvalue weighted by atomic mass is 19.4. The van der Waals surface area contributed by atoms with E-state index in [1.807, 2.05) is 30.8 Å². The number of halogens is 4. The first-order valence-corrected chi connectivity index (χ1v) is 14.5. The summed E-state index contributed by atoms with van der Waals surface area (Å²) in [5.41, 5.74) is 1.74. The van der Waals surface area contributed by atoms with Gasteiger partial charge < -0.3 is 25.3 Å². The van der Waals surface area contributed by atoms with Crippen LogP contribution in [-0.4, -0.2) is 84.2 Å². The van der Waals surface area contributed by atoms with E-state index in [4.69, 9.17) is 0 Å². The number of amides is 1. The Labute approximate surface area is 258 Å². The number of rotatable bonds is 9. The number of alkyl halides is 4. The van der Waals surface area contributed by atoms with E-state index in [0.717, 1.165) is 11.6 Å². The van der Waals surface area contributed by atoms with Gasteiger partial charge in [-0.05, 0) is 69.8 Å². The van der Waals surface area contributed by atoms with Crippen molar-refractivity contribution in [2.24, 2.45) is 0 Å². The van der Waals surface area contributed by atoms with Gasteiger partial charge in [0.25, 0.3) is 5.91 Å². The molecule has 1 saturated heterocycles. The van der Waals surface area contributed by atoms with Crippen LogP contribution in [0.3, 0.4) is 0 Å². The normalized spacial score (nSPS) is 14.2. The van der Waals surface area contributed by atoms with Crippen LogP contribution in [0.15, 0.2) is 48.9 Å². The molecule has 0 aliphatic carbocycles. The van der Waals surface area contributed by atoms with Crippen LogP contribution < -0.4 is 20.4 Å². The molecule has 0 spiro atoms. The van der Waals surface area contributed by atoms with Crippen molar-refractivity contribution in [1.82, 2.24) is 24.8 Å². The second-order valence-electron chi connectivity index (χ2n) is 11.4. The Balaban J connectivity index is 1.37. The molecule has 14 heteroatoms. The maximum atomic E-state index is 14.0. The Morgan fingerprint density at radius 2 is 1.78 bits per heavy atom. The Morgan fingerprint density at radius 1 is 1.02 bits per heavy atom. The molecule has 0 radical (unpaired) electrons. The first-order valence-electron chi connectivity index (χ1n) is 14.5. The molecule has 0 atom stereocenters. The highest BCUT2D eigenvalue weighted by Crippen LogP contribution is 2.38. The highest BCUT2D eigenvalue weighted by molar-refractivity contribution is 6.05. The smallest absolute Gasteiger partial charge is 0.373 e. The molecule has 10 nitrogen and oxygen atoms in total. The van der Waals surface area contributed by atoms with Gasteiger partial charge >= 0.3 is 6.18 Å². The van der Waals surface area contributed by atoms with Gasteiger partial charge in [-0.2, -0.15) is 13.2 Å². The van der Waals surface area contributed by atoms with Crippen LogP contribution >= 0.6 is 0 Å². The summed E-state index contributed by atoms with van der Waals surface area (Å²) in [5.74, 6) is 0.257. The summed E-state index contributed by atoms with van der Waals surface area (Å²) >= 11 is 0. The lowest BCUT2D eigenvalue weighted by molar-refractivity contribution is -0.137. The fourth-order valence-electron chi connectivity index (χ4n) is 5.01. The monoisotopic (exact) mass is 625 g/mol. The van der Waals surface area contributed by atoms with Crippen LogP contribution in [0.25, 0.3) is 11.0 Å². The van der Waals surface area contributed by atoms with Crippen LogP contribution in [0.2, 0.25) is 0 Å². The van der Waals surface area contributed by atoms with E-state index >= 15 is 0 Å². The number of fused-ring (bicyclic) bond motifs is 1. The number of nitrogens with one attached hydrogen (secondary N) is 2. The number of aromatic nitrogens is 4. The van der Waals surface area contributed by atoms with Crippen molar-refractivity contribution in [3.8, 4) is 0 Å². The number of benzene rings is 2. The fraction of sp³-hybridized carbons (Fsp3) is 0.387. The first kappa shape index (κ1) is 31.8. The molecule has 0 unspecified atom stereocenters. The van der Waals surface area contributed by atoms with E-state index in [0.29, 0.717) is 67.5 Å². The molecule has 5 rings (SSSR count). The minimum atomic E-state index is -4.61. The zero-order valence-corrected chi connectivity index (χ0v) is 25.5. The molecule has 0 bridgehead atoms. The second-order valence-corrected chi connectivity index (χ2v) is 11.4. The summed E-state index contributed by atoms with van der Waals surface area (Å²) in [6, 6.07) is 8.70. The summed E-state index contributed by atoms with van der Waals surface area (Å²) in [6.07, 6.45) is -1.68. The summed E-state index contributed by atoms with van der Waals surface area (Å²) in [4.78, 5) is 36.2. The topological polar surface area (TPSA) is 102 Å². The molecular weight excluding hydrogens is 590 g/mol. The SMILES string of the molecule is Cc1ccc(C(=O)Nc2ccc(N(C)CCN(C)C)c(C(F)(F)F)c2)cc1Nc1ncnc2cnc(N3CCC(F)CC3)nc12. The van der Waals surface area contributed by atoms with Gasteiger partial charge in [0, 0.05) is 55.9 Å². The van der Waals surface area contributed by atoms with E-state index < -0.39 is 23.8 Å². The molecule has 45 heavy (non-hydrogen) atoms. The Bertz CT molecular complexity index is 1670. The maximum absolute atomic E-state index is 14.0. The number of likely N-dealkylation sites (N-methyl/N-ethyl adjacent to an activating group) is 2. The third-order valence-electron chi connectivity index (χ3n) is 7.68. The van der Waals surface area contributed by atoms with Gasteiger partial charge in [-0.25, -0.2) is 24.3 Å². The minimum absolute atomic E-state index is 0.0231. The number of nitrogens with zero attached hydrogens (tertiary/aromatic N) is 7. The van der Waals surface area contributed by atoms with Crippen LogP contribution in [0.5, 0.6) is 0 Å². The predicted octanol–water partition coefficient (Wildman–Crippen LogP) is 5.68. The van der Waals surface area contributed by atoms with Gasteiger partial charge in [-0.3, -0.25) is 4.79 Å². The summed E-state index contributed by atoms with van der Waals surface area (Å²) in [6.45, 7) is 3.82. The van der Waals surface area contributed by atoms with Crippen LogP contribution in [-0.2, 0) is 6.18 Å². The molecule has 2 N–H and O–H groups in total. The molecule has 2 aromatic heterocycles.